The molecular weight excluding hydrogens is 380 g/mol. The van der Waals surface area contributed by atoms with Crippen LogP contribution in [0.15, 0.2) is 54.6 Å². The number of amides is 1. The van der Waals surface area contributed by atoms with E-state index in [1.54, 1.807) is 18.4 Å². The van der Waals surface area contributed by atoms with E-state index in [0.29, 0.717) is 29.2 Å². The van der Waals surface area contributed by atoms with Crippen LogP contribution >= 0.6 is 11.6 Å². The van der Waals surface area contributed by atoms with Crippen molar-refractivity contribution in [3.63, 3.8) is 0 Å². The van der Waals surface area contributed by atoms with Crippen LogP contribution in [0.3, 0.4) is 0 Å². The summed E-state index contributed by atoms with van der Waals surface area (Å²) in [5.74, 6) is -0.170. The van der Waals surface area contributed by atoms with Gasteiger partial charge in [-0.3, -0.25) is 9.00 Å². The molecule has 0 radical (unpaired) electrons. The van der Waals surface area contributed by atoms with E-state index in [4.69, 9.17) is 11.6 Å². The van der Waals surface area contributed by atoms with Crippen molar-refractivity contribution in [2.45, 2.75) is 18.6 Å². The Morgan fingerprint density at radius 1 is 1.19 bits per heavy atom. The number of hydrogen-bond donors (Lipinski definition) is 1. The van der Waals surface area contributed by atoms with Crippen LogP contribution in [0.4, 0.5) is 0 Å². The Kier molecular flexibility index (Phi) is 6.24. The largest absolute Gasteiger partial charge is 0.352 e. The third-order valence-corrected chi connectivity index (χ3v) is 6.21. The summed E-state index contributed by atoms with van der Waals surface area (Å²) in [7, 11) is -0.899. The zero-order chi connectivity index (χ0) is 19.4. The SMILES string of the molecule is C[C@@H](CCNC(=O)c1cc(-c2ccccc2Cl)nc2ccccc12)[S@](C)=O. The molecule has 0 saturated heterocycles. The maximum Gasteiger partial charge on any atom is 0.252 e. The standard InChI is InChI=1S/C21H21ClN2O2S/c1-14(27(2)26)11-12-23-21(25)17-13-20(16-8-3-5-9-18(16)22)24-19-10-6-4-7-15(17)19/h3-10,13-14H,11-12H2,1-2H3,(H,23,25)/t14-,27-/m0/s1. The number of nitrogens with one attached hydrogen (secondary N) is 1. The van der Waals surface area contributed by atoms with Gasteiger partial charge in [-0.25, -0.2) is 4.98 Å². The third-order valence-electron chi connectivity index (χ3n) is 4.51. The van der Waals surface area contributed by atoms with E-state index in [0.717, 1.165) is 16.5 Å². The van der Waals surface area contributed by atoms with Gasteiger partial charge in [0.05, 0.1) is 16.8 Å². The van der Waals surface area contributed by atoms with E-state index in [9.17, 15) is 9.00 Å². The fourth-order valence-electron chi connectivity index (χ4n) is 2.82. The Balaban J connectivity index is 1.95. The lowest BCUT2D eigenvalue weighted by atomic mass is 10.0. The van der Waals surface area contributed by atoms with Crippen molar-refractivity contribution in [1.82, 2.24) is 10.3 Å². The number of nitrogens with zero attached hydrogens (tertiary/aromatic N) is 1. The van der Waals surface area contributed by atoms with Crippen molar-refractivity contribution in [1.29, 1.82) is 0 Å². The molecule has 0 aliphatic heterocycles. The molecule has 3 rings (SSSR count). The minimum absolute atomic E-state index is 0.0400. The van der Waals surface area contributed by atoms with Crippen LogP contribution in [0, 0.1) is 0 Å². The molecule has 1 aromatic heterocycles. The highest BCUT2D eigenvalue weighted by atomic mass is 35.5. The molecule has 1 amide bonds. The number of hydrogen-bond acceptors (Lipinski definition) is 3. The normalized spacial score (nSPS) is 13.3. The van der Waals surface area contributed by atoms with Crippen LogP contribution in [0.5, 0.6) is 0 Å². The summed E-state index contributed by atoms with van der Waals surface area (Å²) in [6.45, 7) is 2.39. The molecular formula is C21H21ClN2O2S. The zero-order valence-electron chi connectivity index (χ0n) is 15.2. The van der Waals surface area contributed by atoms with Crippen molar-refractivity contribution in [3.05, 3.63) is 65.2 Å². The summed E-state index contributed by atoms with van der Waals surface area (Å²) in [4.78, 5) is 17.5. The maximum absolute atomic E-state index is 12.8. The number of benzene rings is 2. The van der Waals surface area contributed by atoms with Crippen LogP contribution in [0.1, 0.15) is 23.7 Å². The highest BCUT2D eigenvalue weighted by molar-refractivity contribution is 7.84. The second-order valence-electron chi connectivity index (χ2n) is 6.41. The van der Waals surface area contributed by atoms with Crippen molar-refractivity contribution in [2.24, 2.45) is 0 Å². The molecule has 1 N–H and O–H groups in total. The average molecular weight is 401 g/mol. The van der Waals surface area contributed by atoms with Gasteiger partial charge >= 0.3 is 0 Å². The Morgan fingerprint density at radius 2 is 1.89 bits per heavy atom. The maximum atomic E-state index is 12.8. The molecule has 27 heavy (non-hydrogen) atoms. The van der Waals surface area contributed by atoms with Crippen molar-refractivity contribution < 1.29 is 9.00 Å². The highest BCUT2D eigenvalue weighted by Crippen LogP contribution is 2.29. The average Bonchev–Trinajstić information content (AvgIpc) is 2.67. The van der Waals surface area contributed by atoms with Gasteiger partial charge in [0.1, 0.15) is 0 Å². The van der Waals surface area contributed by atoms with E-state index < -0.39 is 10.8 Å². The molecule has 0 unspecified atom stereocenters. The van der Waals surface area contributed by atoms with Crippen LogP contribution in [-0.4, -0.2) is 33.2 Å². The number of aromatic nitrogens is 1. The van der Waals surface area contributed by atoms with E-state index in [-0.39, 0.29) is 11.2 Å². The molecule has 0 bridgehead atoms. The van der Waals surface area contributed by atoms with Crippen molar-refractivity contribution in [2.75, 3.05) is 12.8 Å². The predicted octanol–water partition coefficient (Wildman–Crippen LogP) is 4.44. The van der Waals surface area contributed by atoms with Crippen molar-refractivity contribution in [3.8, 4) is 11.3 Å². The van der Waals surface area contributed by atoms with Gasteiger partial charge in [-0.2, -0.15) is 0 Å². The lowest BCUT2D eigenvalue weighted by Gasteiger charge is -2.12. The van der Waals surface area contributed by atoms with Gasteiger partial charge in [0.25, 0.3) is 5.91 Å². The minimum Gasteiger partial charge on any atom is -0.352 e. The molecule has 4 nitrogen and oxygen atoms in total. The molecule has 140 valence electrons. The predicted molar refractivity (Wildman–Crippen MR) is 113 cm³/mol. The van der Waals surface area contributed by atoms with Gasteiger partial charge in [-0.15, -0.1) is 0 Å². The zero-order valence-corrected chi connectivity index (χ0v) is 16.8. The van der Waals surface area contributed by atoms with E-state index in [1.165, 1.54) is 0 Å². The molecule has 1 heterocycles. The number of carbonyl (C=O) groups excluding carboxylic acids is 1. The molecule has 6 heteroatoms. The summed E-state index contributed by atoms with van der Waals surface area (Å²) < 4.78 is 11.5. The molecule has 0 saturated carbocycles. The van der Waals surface area contributed by atoms with Gasteiger partial charge < -0.3 is 5.32 Å². The summed E-state index contributed by atoms with van der Waals surface area (Å²) in [6, 6.07) is 16.8. The first-order valence-electron chi connectivity index (χ1n) is 8.72. The van der Waals surface area contributed by atoms with Crippen molar-refractivity contribution >= 4 is 39.2 Å². The Morgan fingerprint density at radius 3 is 2.63 bits per heavy atom. The molecule has 0 spiro atoms. The van der Waals surface area contributed by atoms with Crippen LogP contribution in [0.2, 0.25) is 5.02 Å². The number of para-hydroxylation sites is 1. The van der Waals surface area contributed by atoms with Gasteiger partial charge in [0.2, 0.25) is 0 Å². The second-order valence-corrected chi connectivity index (χ2v) is 8.61. The van der Waals surface area contributed by atoms with Gasteiger partial charge in [0.15, 0.2) is 0 Å². The Bertz CT molecular complexity index is 1010. The summed E-state index contributed by atoms with van der Waals surface area (Å²) in [5, 5.41) is 4.35. The fraction of sp³-hybridized carbons (Fsp3) is 0.238. The monoisotopic (exact) mass is 400 g/mol. The molecule has 2 aromatic carbocycles. The van der Waals surface area contributed by atoms with Gasteiger partial charge in [-0.1, -0.05) is 54.9 Å². The molecule has 3 aromatic rings. The number of halogens is 1. The third kappa shape index (κ3) is 4.54. The molecule has 0 aliphatic rings. The van der Waals surface area contributed by atoms with Crippen LogP contribution in [0.25, 0.3) is 22.2 Å². The second kappa shape index (κ2) is 8.63. The van der Waals surface area contributed by atoms with Crippen LogP contribution in [-0.2, 0) is 10.8 Å². The number of pyridine rings is 1. The minimum atomic E-state index is -0.899. The highest BCUT2D eigenvalue weighted by Gasteiger charge is 2.15. The first-order valence-corrected chi connectivity index (χ1v) is 10.7. The molecule has 2 atom stereocenters. The summed E-state index contributed by atoms with van der Waals surface area (Å²) >= 11 is 6.32. The molecule has 0 fully saturated rings. The first-order chi connectivity index (χ1) is 13.0. The van der Waals surface area contributed by atoms with E-state index in [1.807, 2.05) is 49.4 Å². The van der Waals surface area contributed by atoms with E-state index in [2.05, 4.69) is 10.3 Å². The quantitative estimate of drug-likeness (QED) is 0.665. The van der Waals surface area contributed by atoms with Crippen LogP contribution < -0.4 is 5.32 Å². The Labute approximate surface area is 166 Å². The lowest BCUT2D eigenvalue weighted by molar-refractivity contribution is 0.0955. The molecule has 0 aliphatic carbocycles. The number of carbonyl (C=O) groups is 1. The summed E-state index contributed by atoms with van der Waals surface area (Å²) in [5.41, 5.74) is 2.74. The smallest absolute Gasteiger partial charge is 0.252 e. The topological polar surface area (TPSA) is 59.1 Å². The first kappa shape index (κ1) is 19.5. The fourth-order valence-corrected chi connectivity index (χ4v) is 3.50. The van der Waals surface area contributed by atoms with E-state index >= 15 is 0 Å². The summed E-state index contributed by atoms with van der Waals surface area (Å²) in [6.07, 6.45) is 2.34. The number of fused-ring (bicyclic) bond motifs is 1. The Hall–Kier alpha value is -2.24. The number of rotatable bonds is 6. The van der Waals surface area contributed by atoms with Gasteiger partial charge in [0, 0.05) is 44.8 Å². The van der Waals surface area contributed by atoms with Gasteiger partial charge in [-0.05, 0) is 24.6 Å². The lowest BCUT2D eigenvalue weighted by Crippen LogP contribution is -2.27.